The number of nitrogens with zero attached hydrogens (tertiary/aromatic N) is 5. The Morgan fingerprint density at radius 3 is 2.25 bits per heavy atom. The monoisotopic (exact) mass is 928 g/mol. The maximum Gasteiger partial charge on any atom is 0.257 e. The second kappa shape index (κ2) is 24.8. The molecule has 14 nitrogen and oxygen atoms in total. The number of fused-ring (bicyclic) bond motifs is 2. The van der Waals surface area contributed by atoms with Crippen molar-refractivity contribution in [3.63, 3.8) is 0 Å². The van der Waals surface area contributed by atoms with Crippen LogP contribution in [0.4, 0.5) is 11.4 Å². The van der Waals surface area contributed by atoms with Crippen LogP contribution in [0.3, 0.4) is 0 Å². The highest BCUT2D eigenvalue weighted by atomic mass is 33.1. The van der Waals surface area contributed by atoms with Gasteiger partial charge in [-0.15, -0.1) is 0 Å². The SMILES string of the molecule is C/C=C1\CC(C=Nc2ccc(OC)c(OCc3cc(OCCCNC(=O)CCC(C)(C)SSC)cc(COc4cc5c(cc4OC)C(=O)N4C/C(=C/C)CC4C=N5)n3)c2)N(C)C1.CC=O. The van der Waals surface area contributed by atoms with Crippen molar-refractivity contribution in [2.45, 2.75) is 96.8 Å². The number of pyridine rings is 1. The summed E-state index contributed by atoms with van der Waals surface area (Å²) in [5.41, 5.74) is 5.54. The van der Waals surface area contributed by atoms with E-state index in [0.29, 0.717) is 83.9 Å². The number of nitrogens with one attached hydrogen (secondary N) is 1. The number of hydrogen-bond donors (Lipinski definition) is 1. The second-order valence-corrected chi connectivity index (χ2v) is 19.5. The lowest BCUT2D eigenvalue weighted by atomic mass is 10.1. The molecule has 3 aromatic rings. The van der Waals surface area contributed by atoms with Crippen LogP contribution >= 0.6 is 21.6 Å². The van der Waals surface area contributed by atoms with Gasteiger partial charge in [-0.25, -0.2) is 0 Å². The molecule has 6 rings (SSSR count). The molecule has 350 valence electrons. The summed E-state index contributed by atoms with van der Waals surface area (Å²) in [5, 5.41) is 3.02. The lowest BCUT2D eigenvalue weighted by Crippen LogP contribution is -2.35. The lowest BCUT2D eigenvalue weighted by molar-refractivity contribution is -0.121. The first-order valence-corrected chi connectivity index (χ1v) is 24.4. The van der Waals surface area contributed by atoms with Crippen LogP contribution in [-0.2, 0) is 22.8 Å². The van der Waals surface area contributed by atoms with Crippen molar-refractivity contribution in [3.8, 4) is 28.7 Å². The molecule has 2 saturated heterocycles. The van der Waals surface area contributed by atoms with E-state index < -0.39 is 0 Å². The summed E-state index contributed by atoms with van der Waals surface area (Å²) in [6.45, 7) is 12.4. The van der Waals surface area contributed by atoms with Gasteiger partial charge < -0.3 is 38.7 Å². The molecule has 4 heterocycles. The van der Waals surface area contributed by atoms with Gasteiger partial charge in [-0.3, -0.25) is 29.5 Å². The van der Waals surface area contributed by atoms with Crippen molar-refractivity contribution in [2.24, 2.45) is 9.98 Å². The van der Waals surface area contributed by atoms with E-state index in [1.165, 1.54) is 18.1 Å². The van der Waals surface area contributed by atoms with Crippen LogP contribution in [0, 0.1) is 0 Å². The Balaban J connectivity index is 0.00000257. The van der Waals surface area contributed by atoms with Crippen molar-refractivity contribution < 1.29 is 38.1 Å². The van der Waals surface area contributed by atoms with Gasteiger partial charge in [0.15, 0.2) is 23.0 Å². The number of methoxy groups -OCH3 is 2. The van der Waals surface area contributed by atoms with Gasteiger partial charge in [0.2, 0.25) is 5.91 Å². The fourth-order valence-electron chi connectivity index (χ4n) is 7.51. The first-order valence-electron chi connectivity index (χ1n) is 21.9. The molecule has 65 heavy (non-hydrogen) atoms. The fraction of sp³-hybridized carbons (Fsp3) is 0.469. The van der Waals surface area contributed by atoms with Gasteiger partial charge in [0.05, 0.1) is 55.2 Å². The van der Waals surface area contributed by atoms with Crippen LogP contribution < -0.4 is 29.0 Å². The highest BCUT2D eigenvalue weighted by molar-refractivity contribution is 8.76. The minimum Gasteiger partial charge on any atom is -0.493 e. The third-order valence-electron chi connectivity index (χ3n) is 11.1. The van der Waals surface area contributed by atoms with E-state index >= 15 is 0 Å². The van der Waals surface area contributed by atoms with Crippen molar-refractivity contribution in [1.82, 2.24) is 20.1 Å². The molecule has 16 heteroatoms. The summed E-state index contributed by atoms with van der Waals surface area (Å²) in [5.74, 6) is 2.47. The number of aldehydes is 1. The minimum atomic E-state index is -0.0948. The maximum atomic E-state index is 13.7. The molecular weight excluding hydrogens is 865 g/mol. The standard InChI is InChI=1S/C47H60N6O7S2.C2H4O/c1-9-31-18-36(52(5)27-31)25-49-33-12-13-41(56-6)43(22-33)59-29-34-20-38(58-17-11-16-48-45(54)14-15-47(3,4)62-61-8)21-35(51-34)30-60-44-24-40-39(23-42(44)57-7)46(55)53-28-32(10-2)19-37(53)26-50-40;1-2-3/h9-10,12-13,20-26,36-37H,11,14-19,27-30H2,1-8H3,(H,48,54);2H,1H3/b31-9+,32-10+,49-25?;. The summed E-state index contributed by atoms with van der Waals surface area (Å²) >= 11 is 0. The van der Waals surface area contributed by atoms with E-state index in [0.717, 1.165) is 37.8 Å². The smallest absolute Gasteiger partial charge is 0.257 e. The summed E-state index contributed by atoms with van der Waals surface area (Å²) < 4.78 is 30.3. The number of likely N-dealkylation sites (N-methyl/N-ethyl adjacent to an activating group) is 1. The van der Waals surface area contributed by atoms with Gasteiger partial charge >= 0.3 is 0 Å². The zero-order chi connectivity index (χ0) is 46.9. The third kappa shape index (κ3) is 14.6. The van der Waals surface area contributed by atoms with Crippen LogP contribution in [0.5, 0.6) is 28.7 Å². The molecular formula is C49H64N6O8S2. The van der Waals surface area contributed by atoms with E-state index in [9.17, 15) is 9.59 Å². The number of carbonyl (C=O) groups is 3. The zero-order valence-corrected chi connectivity index (χ0v) is 40.8. The van der Waals surface area contributed by atoms with Crippen LogP contribution in [0.1, 0.15) is 88.5 Å². The number of hydrogen-bond acceptors (Lipinski definition) is 14. The van der Waals surface area contributed by atoms with E-state index in [-0.39, 0.29) is 41.9 Å². The Kier molecular flexibility index (Phi) is 19.4. The number of benzene rings is 2. The lowest BCUT2D eigenvalue weighted by Gasteiger charge is -2.21. The Bertz CT molecular complexity index is 2250. The zero-order valence-electron chi connectivity index (χ0n) is 39.2. The van der Waals surface area contributed by atoms with Crippen LogP contribution in [0.2, 0.25) is 0 Å². The Morgan fingerprint density at radius 2 is 1.60 bits per heavy atom. The molecule has 3 aliphatic heterocycles. The average molecular weight is 929 g/mol. The van der Waals surface area contributed by atoms with Crippen molar-refractivity contribution in [1.29, 1.82) is 0 Å². The van der Waals surface area contributed by atoms with E-state index in [4.69, 9.17) is 43.4 Å². The molecule has 1 N–H and O–H groups in total. The van der Waals surface area contributed by atoms with E-state index in [1.807, 2.05) is 54.6 Å². The quantitative estimate of drug-likeness (QED) is 0.0378. The molecule has 2 atom stereocenters. The highest BCUT2D eigenvalue weighted by Gasteiger charge is 2.34. The van der Waals surface area contributed by atoms with Gasteiger partial charge in [0.25, 0.3) is 5.91 Å². The van der Waals surface area contributed by atoms with Gasteiger partial charge in [0.1, 0.15) is 25.2 Å². The second-order valence-electron chi connectivity index (χ2n) is 16.4. The van der Waals surface area contributed by atoms with E-state index in [1.54, 1.807) is 47.9 Å². The van der Waals surface area contributed by atoms with Crippen LogP contribution in [0.15, 0.2) is 75.7 Å². The average Bonchev–Trinajstić information content (AvgIpc) is 3.86. The van der Waals surface area contributed by atoms with Gasteiger partial charge in [-0.1, -0.05) is 44.9 Å². The van der Waals surface area contributed by atoms with Gasteiger partial charge in [-0.05, 0) is 91.8 Å². The summed E-state index contributed by atoms with van der Waals surface area (Å²) in [6, 6.07) is 12.9. The number of allylic oxidation sites excluding steroid dienone is 2. The molecule has 3 aliphatic rings. The number of likely N-dealkylation sites (tertiary alicyclic amines) is 1. The number of amides is 2. The minimum absolute atomic E-state index is 0.0287. The Morgan fingerprint density at radius 1 is 0.923 bits per heavy atom. The number of ether oxygens (including phenoxy) is 5. The first kappa shape index (κ1) is 50.7. The number of carbonyl (C=O) groups excluding carboxylic acids is 3. The predicted molar refractivity (Wildman–Crippen MR) is 262 cm³/mol. The molecule has 0 saturated carbocycles. The largest absolute Gasteiger partial charge is 0.493 e. The van der Waals surface area contributed by atoms with Crippen molar-refractivity contribution >= 4 is 63.5 Å². The van der Waals surface area contributed by atoms with Crippen molar-refractivity contribution in [3.05, 3.63) is 82.7 Å². The molecule has 0 spiro atoms. The van der Waals surface area contributed by atoms with Crippen LogP contribution in [0.25, 0.3) is 0 Å². The Labute approximate surface area is 392 Å². The van der Waals surface area contributed by atoms with Gasteiger partial charge in [-0.2, -0.15) is 0 Å². The van der Waals surface area contributed by atoms with Gasteiger partial charge in [0, 0.05) is 73.5 Å². The molecule has 2 amide bonds. The molecule has 0 radical (unpaired) electrons. The molecule has 2 unspecified atom stereocenters. The van der Waals surface area contributed by atoms with Crippen LogP contribution in [-0.4, -0.2) is 116 Å². The predicted octanol–water partition coefficient (Wildman–Crippen LogP) is 9.15. The summed E-state index contributed by atoms with van der Waals surface area (Å²) in [7, 11) is 8.76. The summed E-state index contributed by atoms with van der Waals surface area (Å²) in [4.78, 5) is 53.5. The number of aromatic nitrogens is 1. The first-order chi connectivity index (χ1) is 31.3. The third-order valence-corrected chi connectivity index (χ3v) is 13.8. The molecule has 0 bridgehead atoms. The molecule has 0 aliphatic carbocycles. The fourth-order valence-corrected chi connectivity index (χ4v) is 9.75. The topological polar surface area (TPSA) is 153 Å². The molecule has 1 aromatic heterocycles. The Hall–Kier alpha value is -5.32. The normalized spacial score (nSPS) is 18.2. The highest BCUT2D eigenvalue weighted by Crippen LogP contribution is 2.40. The maximum absolute atomic E-state index is 13.7. The summed E-state index contributed by atoms with van der Waals surface area (Å²) in [6.07, 6.45) is 14.5. The molecule has 2 fully saturated rings. The van der Waals surface area contributed by atoms with E-state index in [2.05, 4.69) is 56.4 Å². The molecule has 2 aromatic carbocycles. The number of rotatable bonds is 20. The number of aliphatic imine (C=N–C) groups is 2. The van der Waals surface area contributed by atoms with Crippen molar-refractivity contribution in [2.75, 3.05) is 53.8 Å².